The van der Waals surface area contributed by atoms with E-state index in [9.17, 15) is 0 Å². The van der Waals surface area contributed by atoms with Gasteiger partial charge in [-0.15, -0.1) is 24.0 Å². The van der Waals surface area contributed by atoms with Crippen LogP contribution in [-0.4, -0.2) is 63.9 Å². The fraction of sp³-hybridized carbons (Fsp3) is 0.667. The van der Waals surface area contributed by atoms with Gasteiger partial charge in [-0.05, 0) is 25.0 Å². The van der Waals surface area contributed by atoms with Gasteiger partial charge in [0.15, 0.2) is 5.96 Å². The van der Waals surface area contributed by atoms with Crippen molar-refractivity contribution in [3.8, 4) is 5.75 Å². The van der Waals surface area contributed by atoms with Crippen molar-refractivity contribution in [2.45, 2.75) is 39.7 Å². The van der Waals surface area contributed by atoms with Crippen LogP contribution in [0.4, 0.5) is 0 Å². The van der Waals surface area contributed by atoms with Crippen LogP contribution in [0.5, 0.6) is 5.75 Å². The van der Waals surface area contributed by atoms with E-state index in [1.807, 2.05) is 0 Å². The number of hydrogen-bond donors (Lipinski definition) is 2. The molecule has 1 aromatic rings. The maximum atomic E-state index is 6.03. The van der Waals surface area contributed by atoms with Crippen LogP contribution in [0.3, 0.4) is 0 Å². The lowest BCUT2D eigenvalue weighted by Crippen LogP contribution is -2.44. The zero-order chi connectivity index (χ0) is 19.3. The molecule has 0 aromatic heterocycles. The minimum absolute atomic E-state index is 0. The molecule has 0 unspecified atom stereocenters. The van der Waals surface area contributed by atoms with Crippen molar-refractivity contribution < 1.29 is 9.47 Å². The number of guanidine groups is 1. The Morgan fingerprint density at radius 1 is 1.21 bits per heavy atom. The summed E-state index contributed by atoms with van der Waals surface area (Å²) in [6, 6.07) is 6.39. The first kappa shape index (κ1) is 25.0. The molecule has 0 aliphatic carbocycles. The molecule has 2 N–H and O–H groups in total. The largest absolute Gasteiger partial charge is 0.493 e. The monoisotopic (exact) mass is 504 g/mol. The molecule has 1 heterocycles. The van der Waals surface area contributed by atoms with Crippen LogP contribution < -0.4 is 15.4 Å². The van der Waals surface area contributed by atoms with E-state index < -0.39 is 0 Å². The van der Waals surface area contributed by atoms with Gasteiger partial charge in [-0.1, -0.05) is 31.9 Å². The summed E-state index contributed by atoms with van der Waals surface area (Å²) in [6.07, 6.45) is 3.51. The Hall–Kier alpha value is -1.06. The Kier molecular flexibility index (Phi) is 13.3. The molecule has 1 aliphatic heterocycles. The Morgan fingerprint density at radius 2 is 2.00 bits per heavy atom. The molecule has 0 atom stereocenters. The molecule has 0 amide bonds. The molecular weight excluding hydrogens is 467 g/mol. The highest BCUT2D eigenvalue weighted by molar-refractivity contribution is 14.0. The van der Waals surface area contributed by atoms with E-state index in [2.05, 4.69) is 52.6 Å². The average molecular weight is 504 g/mol. The third-order valence-corrected chi connectivity index (χ3v) is 4.72. The minimum Gasteiger partial charge on any atom is -0.493 e. The van der Waals surface area contributed by atoms with Gasteiger partial charge in [-0.25, -0.2) is 0 Å². The lowest BCUT2D eigenvalue weighted by Gasteiger charge is -2.26. The normalized spacial score (nSPS) is 15.0. The Balaban J connectivity index is 0.00000392. The summed E-state index contributed by atoms with van der Waals surface area (Å²) in [5.41, 5.74) is 2.38. The summed E-state index contributed by atoms with van der Waals surface area (Å²) in [5.74, 6) is 1.79. The highest BCUT2D eigenvalue weighted by atomic mass is 127. The molecule has 1 fully saturated rings. The first-order chi connectivity index (χ1) is 13.2. The third kappa shape index (κ3) is 9.43. The number of ether oxygens (including phenoxy) is 2. The number of aliphatic imine (C=N–C) groups is 1. The standard InChI is InChI=1S/C21H36N4O2.HI/c1-4-5-6-13-27-20-16-18(2)7-8-19(20)17-24-21(22-3)23-9-10-25-11-14-26-15-12-25;/h7-8,16H,4-6,9-15,17H2,1-3H3,(H2,22,23,24);1H. The van der Waals surface area contributed by atoms with Crippen LogP contribution in [0.25, 0.3) is 0 Å². The second-order valence-electron chi connectivity index (χ2n) is 6.97. The van der Waals surface area contributed by atoms with Gasteiger partial charge in [0.1, 0.15) is 5.75 Å². The van der Waals surface area contributed by atoms with Crippen molar-refractivity contribution in [1.82, 2.24) is 15.5 Å². The number of hydrogen-bond acceptors (Lipinski definition) is 4. The first-order valence-electron chi connectivity index (χ1n) is 10.2. The number of aryl methyl sites for hydroxylation is 1. The highest BCUT2D eigenvalue weighted by Gasteiger charge is 2.10. The summed E-state index contributed by atoms with van der Waals surface area (Å²) in [5, 5.41) is 6.79. The molecule has 28 heavy (non-hydrogen) atoms. The summed E-state index contributed by atoms with van der Waals surface area (Å²) in [7, 11) is 1.81. The molecule has 0 spiro atoms. The van der Waals surface area contributed by atoms with Gasteiger partial charge < -0.3 is 20.1 Å². The topological polar surface area (TPSA) is 58.1 Å². The van der Waals surface area contributed by atoms with Crippen LogP contribution in [0.1, 0.15) is 37.3 Å². The Labute approximate surface area is 187 Å². The van der Waals surface area contributed by atoms with Gasteiger partial charge in [-0.3, -0.25) is 9.89 Å². The van der Waals surface area contributed by atoms with Crippen LogP contribution in [0, 0.1) is 6.92 Å². The van der Waals surface area contributed by atoms with Crippen molar-refractivity contribution in [3.05, 3.63) is 29.3 Å². The fourth-order valence-electron chi connectivity index (χ4n) is 3.03. The van der Waals surface area contributed by atoms with Gasteiger partial charge in [-0.2, -0.15) is 0 Å². The number of rotatable bonds is 10. The molecule has 0 radical (unpaired) electrons. The summed E-state index contributed by atoms with van der Waals surface area (Å²) in [4.78, 5) is 6.74. The number of benzene rings is 1. The molecule has 7 heteroatoms. The molecular formula is C21H37IN4O2. The number of nitrogens with zero attached hydrogens (tertiary/aromatic N) is 2. The lowest BCUT2D eigenvalue weighted by atomic mass is 10.1. The van der Waals surface area contributed by atoms with Crippen molar-refractivity contribution in [1.29, 1.82) is 0 Å². The van der Waals surface area contributed by atoms with E-state index in [-0.39, 0.29) is 24.0 Å². The maximum Gasteiger partial charge on any atom is 0.191 e. The zero-order valence-corrected chi connectivity index (χ0v) is 20.0. The van der Waals surface area contributed by atoms with E-state index in [1.165, 1.54) is 18.4 Å². The molecule has 2 rings (SSSR count). The highest BCUT2D eigenvalue weighted by Crippen LogP contribution is 2.20. The molecule has 1 aliphatic rings. The summed E-state index contributed by atoms with van der Waals surface area (Å²) < 4.78 is 11.4. The molecule has 0 saturated carbocycles. The quantitative estimate of drug-likeness (QED) is 0.222. The second kappa shape index (κ2) is 14.9. The fourth-order valence-corrected chi connectivity index (χ4v) is 3.03. The first-order valence-corrected chi connectivity index (χ1v) is 10.2. The van der Waals surface area contributed by atoms with E-state index in [0.717, 1.165) is 69.7 Å². The van der Waals surface area contributed by atoms with Crippen molar-refractivity contribution in [3.63, 3.8) is 0 Å². The van der Waals surface area contributed by atoms with Crippen molar-refractivity contribution >= 4 is 29.9 Å². The predicted molar refractivity (Wildman–Crippen MR) is 127 cm³/mol. The molecule has 0 bridgehead atoms. The Bertz CT molecular complexity index is 578. The third-order valence-electron chi connectivity index (χ3n) is 4.72. The number of nitrogens with one attached hydrogen (secondary N) is 2. The van der Waals surface area contributed by atoms with Gasteiger partial charge in [0.05, 0.1) is 19.8 Å². The van der Waals surface area contributed by atoms with E-state index in [4.69, 9.17) is 9.47 Å². The van der Waals surface area contributed by atoms with Gasteiger partial charge in [0, 0.05) is 45.3 Å². The zero-order valence-electron chi connectivity index (χ0n) is 17.6. The van der Waals surface area contributed by atoms with Crippen molar-refractivity contribution in [2.75, 3.05) is 53.0 Å². The second-order valence-corrected chi connectivity index (χ2v) is 6.97. The number of morpholine rings is 1. The van der Waals surface area contributed by atoms with Crippen LogP contribution >= 0.6 is 24.0 Å². The maximum absolute atomic E-state index is 6.03. The lowest BCUT2D eigenvalue weighted by molar-refractivity contribution is 0.0389. The van der Waals surface area contributed by atoms with Gasteiger partial charge in [0.25, 0.3) is 0 Å². The smallest absolute Gasteiger partial charge is 0.191 e. The molecule has 160 valence electrons. The van der Waals surface area contributed by atoms with Crippen LogP contribution in [0.15, 0.2) is 23.2 Å². The average Bonchev–Trinajstić information content (AvgIpc) is 2.69. The summed E-state index contributed by atoms with van der Waals surface area (Å²) >= 11 is 0. The van der Waals surface area contributed by atoms with E-state index >= 15 is 0 Å². The number of halogens is 1. The predicted octanol–water partition coefficient (Wildman–Crippen LogP) is 3.18. The van der Waals surface area contributed by atoms with E-state index in [1.54, 1.807) is 7.05 Å². The Morgan fingerprint density at radius 3 is 2.71 bits per heavy atom. The van der Waals surface area contributed by atoms with Crippen molar-refractivity contribution in [2.24, 2.45) is 4.99 Å². The minimum atomic E-state index is 0. The van der Waals surface area contributed by atoms with Crippen LogP contribution in [-0.2, 0) is 11.3 Å². The van der Waals surface area contributed by atoms with E-state index in [0.29, 0.717) is 6.54 Å². The van der Waals surface area contributed by atoms with Gasteiger partial charge >= 0.3 is 0 Å². The molecule has 6 nitrogen and oxygen atoms in total. The number of unbranched alkanes of at least 4 members (excludes halogenated alkanes) is 2. The van der Waals surface area contributed by atoms with Crippen LogP contribution in [0.2, 0.25) is 0 Å². The SMILES string of the molecule is CCCCCOc1cc(C)ccc1CNC(=NC)NCCN1CCOCC1.I. The summed E-state index contributed by atoms with van der Waals surface area (Å²) in [6.45, 7) is 11.3. The molecule has 1 saturated heterocycles. The van der Waals surface area contributed by atoms with Gasteiger partial charge in [0.2, 0.25) is 0 Å². The molecule has 1 aromatic carbocycles.